The molecule has 6 nitrogen and oxygen atoms in total. The van der Waals surface area contributed by atoms with E-state index in [1.54, 1.807) is 24.3 Å². The predicted octanol–water partition coefficient (Wildman–Crippen LogP) is 5.66. The second-order valence-corrected chi connectivity index (χ2v) is 8.61. The van der Waals surface area contributed by atoms with Crippen molar-refractivity contribution in [2.75, 3.05) is 31.6 Å². The maximum atomic E-state index is 12.9. The number of aryl methyl sites for hydroxylation is 1. The molecule has 2 aromatic carbocycles. The molecule has 32 heavy (non-hydrogen) atoms. The molecular formula is C24H28ClN3O3S. The summed E-state index contributed by atoms with van der Waals surface area (Å²) in [5.74, 6) is 1.14. The minimum absolute atomic E-state index is 0.211. The molecule has 1 aromatic heterocycles. The van der Waals surface area contributed by atoms with Gasteiger partial charge in [0.1, 0.15) is 34.6 Å². The summed E-state index contributed by atoms with van der Waals surface area (Å²) < 4.78 is 11.7. The second-order valence-electron chi connectivity index (χ2n) is 7.09. The molecule has 0 saturated carbocycles. The molecular weight excluding hydrogens is 446 g/mol. The Morgan fingerprint density at radius 1 is 1.09 bits per heavy atom. The van der Waals surface area contributed by atoms with E-state index in [1.807, 2.05) is 31.2 Å². The van der Waals surface area contributed by atoms with Crippen molar-refractivity contribution in [3.8, 4) is 11.5 Å². The van der Waals surface area contributed by atoms with Crippen LogP contribution in [0.15, 0.2) is 48.5 Å². The Hall–Kier alpha value is -2.61. The first-order valence-corrected chi connectivity index (χ1v) is 11.8. The zero-order valence-electron chi connectivity index (χ0n) is 18.6. The zero-order chi connectivity index (χ0) is 22.9. The summed E-state index contributed by atoms with van der Waals surface area (Å²) in [5.41, 5.74) is 1.31. The number of aromatic nitrogens is 1. The molecule has 0 radical (unpaired) electrons. The molecule has 0 aliphatic rings. The highest BCUT2D eigenvalue weighted by Gasteiger charge is 2.17. The third-order valence-corrected chi connectivity index (χ3v) is 6.30. The number of carbonyl (C=O) groups excluding carboxylic acids is 1. The lowest BCUT2D eigenvalue weighted by molar-refractivity contribution is 0.102. The topological polar surface area (TPSA) is 63.7 Å². The number of thiazole rings is 1. The fourth-order valence-electron chi connectivity index (χ4n) is 3.10. The van der Waals surface area contributed by atoms with Crippen LogP contribution in [0, 0.1) is 6.92 Å². The van der Waals surface area contributed by atoms with E-state index >= 15 is 0 Å². The van der Waals surface area contributed by atoms with Crippen LogP contribution < -0.4 is 14.8 Å². The lowest BCUT2D eigenvalue weighted by Gasteiger charge is -2.19. The highest BCUT2D eigenvalue weighted by atomic mass is 35.5. The highest BCUT2D eigenvalue weighted by molar-refractivity contribution is 7.13. The summed E-state index contributed by atoms with van der Waals surface area (Å²) >= 11 is 7.22. The van der Waals surface area contributed by atoms with E-state index in [4.69, 9.17) is 21.1 Å². The van der Waals surface area contributed by atoms with Crippen LogP contribution in [0.25, 0.3) is 0 Å². The normalized spacial score (nSPS) is 10.9. The van der Waals surface area contributed by atoms with E-state index in [0.29, 0.717) is 39.4 Å². The standard InChI is InChI=1S/C24H28ClN3O3S/c1-4-28(5-2)14-15-30-21-9-7-6-8-20(21)27-24(29)23-17(3)26-22(32-23)16-31-19-12-10-18(25)11-13-19/h6-13H,4-5,14-16H2,1-3H3,(H,27,29). The lowest BCUT2D eigenvalue weighted by Crippen LogP contribution is -2.28. The number of ether oxygens (including phenoxy) is 2. The van der Waals surface area contributed by atoms with Crippen LogP contribution in [0.5, 0.6) is 11.5 Å². The average molecular weight is 474 g/mol. The Kier molecular flexibility index (Phi) is 8.90. The van der Waals surface area contributed by atoms with Crippen molar-refractivity contribution in [2.24, 2.45) is 0 Å². The third-order valence-electron chi connectivity index (χ3n) is 4.92. The van der Waals surface area contributed by atoms with Gasteiger partial charge in [0.05, 0.1) is 11.4 Å². The molecule has 8 heteroatoms. The molecule has 0 unspecified atom stereocenters. The Balaban J connectivity index is 1.61. The van der Waals surface area contributed by atoms with E-state index in [-0.39, 0.29) is 12.5 Å². The van der Waals surface area contributed by atoms with Crippen molar-refractivity contribution < 1.29 is 14.3 Å². The van der Waals surface area contributed by atoms with Crippen molar-refractivity contribution in [3.05, 3.63) is 69.1 Å². The second kappa shape index (κ2) is 11.9. The van der Waals surface area contributed by atoms with Crippen LogP contribution in [0.2, 0.25) is 5.02 Å². The summed E-state index contributed by atoms with van der Waals surface area (Å²) in [5, 5.41) is 4.34. The van der Waals surface area contributed by atoms with E-state index in [9.17, 15) is 4.79 Å². The fraction of sp³-hybridized carbons (Fsp3) is 0.333. The molecule has 0 saturated heterocycles. The lowest BCUT2D eigenvalue weighted by atomic mass is 10.2. The van der Waals surface area contributed by atoms with Gasteiger partial charge in [-0.3, -0.25) is 4.79 Å². The Labute approximate surface area is 198 Å². The molecule has 0 aliphatic heterocycles. The van der Waals surface area contributed by atoms with Gasteiger partial charge in [0.2, 0.25) is 0 Å². The van der Waals surface area contributed by atoms with Gasteiger partial charge in [-0.25, -0.2) is 4.98 Å². The molecule has 0 bridgehead atoms. The summed E-state index contributed by atoms with van der Waals surface area (Å²) in [4.78, 5) is 20.3. The quantitative estimate of drug-likeness (QED) is 0.389. The van der Waals surface area contributed by atoms with Gasteiger partial charge >= 0.3 is 0 Å². The molecule has 0 spiro atoms. The minimum atomic E-state index is -0.211. The first-order chi connectivity index (χ1) is 15.5. The summed E-state index contributed by atoms with van der Waals surface area (Å²) in [6.45, 7) is 9.71. The summed E-state index contributed by atoms with van der Waals surface area (Å²) in [6.07, 6.45) is 0. The molecule has 3 aromatic rings. The number of carbonyl (C=O) groups is 1. The van der Waals surface area contributed by atoms with Crippen molar-refractivity contribution >= 4 is 34.5 Å². The first-order valence-electron chi connectivity index (χ1n) is 10.6. The molecule has 1 N–H and O–H groups in total. The highest BCUT2D eigenvalue weighted by Crippen LogP contribution is 2.27. The molecule has 0 fully saturated rings. The smallest absolute Gasteiger partial charge is 0.267 e. The van der Waals surface area contributed by atoms with Crippen LogP contribution in [-0.4, -0.2) is 42.0 Å². The monoisotopic (exact) mass is 473 g/mol. The van der Waals surface area contributed by atoms with Crippen molar-refractivity contribution in [2.45, 2.75) is 27.4 Å². The van der Waals surface area contributed by atoms with E-state index in [2.05, 4.69) is 29.0 Å². The number of nitrogens with one attached hydrogen (secondary N) is 1. The van der Waals surface area contributed by atoms with Crippen LogP contribution in [0.1, 0.15) is 34.2 Å². The van der Waals surface area contributed by atoms with Gasteiger partial charge in [-0.15, -0.1) is 11.3 Å². The van der Waals surface area contributed by atoms with Gasteiger partial charge in [0.25, 0.3) is 5.91 Å². The van der Waals surface area contributed by atoms with Gasteiger partial charge < -0.3 is 19.7 Å². The number of para-hydroxylation sites is 2. The Morgan fingerprint density at radius 3 is 2.53 bits per heavy atom. The number of amides is 1. The number of likely N-dealkylation sites (N-methyl/N-ethyl adjacent to an activating group) is 1. The predicted molar refractivity (Wildman–Crippen MR) is 130 cm³/mol. The van der Waals surface area contributed by atoms with Crippen LogP contribution >= 0.6 is 22.9 Å². The molecule has 1 heterocycles. The number of anilines is 1. The summed E-state index contributed by atoms with van der Waals surface area (Å²) in [7, 11) is 0. The van der Waals surface area contributed by atoms with Gasteiger partial charge in [-0.1, -0.05) is 37.6 Å². The van der Waals surface area contributed by atoms with Crippen LogP contribution in [0.3, 0.4) is 0 Å². The number of benzene rings is 2. The molecule has 1 amide bonds. The number of rotatable bonds is 11. The van der Waals surface area contributed by atoms with E-state index < -0.39 is 0 Å². The first kappa shape index (κ1) is 24.0. The van der Waals surface area contributed by atoms with Crippen molar-refractivity contribution in [1.82, 2.24) is 9.88 Å². The zero-order valence-corrected chi connectivity index (χ0v) is 20.1. The van der Waals surface area contributed by atoms with E-state index in [1.165, 1.54) is 11.3 Å². The summed E-state index contributed by atoms with van der Waals surface area (Å²) in [6, 6.07) is 14.6. The van der Waals surface area contributed by atoms with Gasteiger partial charge in [-0.2, -0.15) is 0 Å². The molecule has 0 atom stereocenters. The largest absolute Gasteiger partial charge is 0.490 e. The fourth-order valence-corrected chi connectivity index (χ4v) is 4.10. The number of hydrogen-bond acceptors (Lipinski definition) is 6. The Morgan fingerprint density at radius 2 is 1.81 bits per heavy atom. The molecule has 170 valence electrons. The molecule has 0 aliphatic carbocycles. The van der Waals surface area contributed by atoms with Gasteiger partial charge in [-0.05, 0) is 56.4 Å². The number of nitrogens with zero attached hydrogens (tertiary/aromatic N) is 2. The minimum Gasteiger partial charge on any atom is -0.490 e. The third kappa shape index (κ3) is 6.69. The molecule has 3 rings (SSSR count). The van der Waals surface area contributed by atoms with Gasteiger partial charge in [0.15, 0.2) is 0 Å². The average Bonchev–Trinajstić information content (AvgIpc) is 3.18. The van der Waals surface area contributed by atoms with Crippen molar-refractivity contribution in [1.29, 1.82) is 0 Å². The number of hydrogen-bond donors (Lipinski definition) is 1. The number of halogens is 1. The van der Waals surface area contributed by atoms with E-state index in [0.717, 1.165) is 24.6 Å². The maximum absolute atomic E-state index is 12.9. The maximum Gasteiger partial charge on any atom is 0.267 e. The van der Waals surface area contributed by atoms with Crippen LogP contribution in [0.4, 0.5) is 5.69 Å². The Bertz CT molecular complexity index is 1020. The van der Waals surface area contributed by atoms with Gasteiger partial charge in [0, 0.05) is 11.6 Å². The SMILES string of the molecule is CCN(CC)CCOc1ccccc1NC(=O)c1sc(COc2ccc(Cl)cc2)nc1C. The van der Waals surface area contributed by atoms with Crippen molar-refractivity contribution in [3.63, 3.8) is 0 Å². The van der Waals surface area contributed by atoms with Crippen LogP contribution in [-0.2, 0) is 6.61 Å².